The molecule has 0 fully saturated rings. The van der Waals surface area contributed by atoms with Gasteiger partial charge in [0.25, 0.3) is 0 Å². The Hall–Kier alpha value is -2.12. The maximum Gasteiger partial charge on any atom is 0.161 e. The van der Waals surface area contributed by atoms with E-state index in [0.29, 0.717) is 18.2 Å². The molecule has 1 aromatic rings. The average Bonchev–Trinajstić information content (AvgIpc) is 2.95. The van der Waals surface area contributed by atoms with Crippen LogP contribution >= 0.6 is 0 Å². The summed E-state index contributed by atoms with van der Waals surface area (Å²) in [6.07, 6.45) is -0.225. The van der Waals surface area contributed by atoms with Gasteiger partial charge < -0.3 is 15.2 Å². The van der Waals surface area contributed by atoms with E-state index in [1.165, 1.54) is 0 Å². The number of methoxy groups -OCH3 is 2. The molecule has 3 rings (SSSR count). The third-order valence-electron chi connectivity index (χ3n) is 4.24. The molecule has 2 heterocycles. The molecule has 2 aliphatic rings. The van der Waals surface area contributed by atoms with E-state index in [9.17, 15) is 0 Å². The van der Waals surface area contributed by atoms with Crippen molar-refractivity contribution in [3.8, 4) is 11.5 Å². The lowest BCUT2D eigenvalue weighted by molar-refractivity contribution is 0.243. The molecule has 0 aromatic heterocycles. The predicted octanol–water partition coefficient (Wildman–Crippen LogP) is 1.38. The predicted molar refractivity (Wildman–Crippen MR) is 94.6 cm³/mol. The van der Waals surface area contributed by atoms with Gasteiger partial charge in [0, 0.05) is 5.56 Å². The van der Waals surface area contributed by atoms with E-state index in [-0.39, 0.29) is 17.6 Å². The Labute approximate surface area is 142 Å². The van der Waals surface area contributed by atoms with Gasteiger partial charge in [-0.3, -0.25) is 10.3 Å². The van der Waals surface area contributed by atoms with Crippen LogP contribution in [0.3, 0.4) is 0 Å². The van der Waals surface area contributed by atoms with Crippen LogP contribution in [0.1, 0.15) is 26.3 Å². The number of nitrogens with two attached hydrogens (primary N) is 1. The van der Waals surface area contributed by atoms with Crippen molar-refractivity contribution in [2.24, 2.45) is 21.7 Å². The molecule has 2 atom stereocenters. The molecule has 0 amide bonds. The number of ether oxygens (including phenoxy) is 2. The SMILES string of the molecule is COc1ccc(C2=NN(C(C)(C)C)C3=NCNC(N)C23)cc1OC. The molecule has 0 radical (unpaired) electrons. The van der Waals surface area contributed by atoms with Crippen molar-refractivity contribution < 1.29 is 9.47 Å². The van der Waals surface area contributed by atoms with Gasteiger partial charge in [0.15, 0.2) is 11.5 Å². The van der Waals surface area contributed by atoms with E-state index in [1.807, 2.05) is 23.2 Å². The Morgan fingerprint density at radius 3 is 2.54 bits per heavy atom. The second kappa shape index (κ2) is 6.07. The monoisotopic (exact) mass is 331 g/mol. The van der Waals surface area contributed by atoms with Gasteiger partial charge in [-0.05, 0) is 39.0 Å². The Kier molecular flexibility index (Phi) is 4.23. The smallest absolute Gasteiger partial charge is 0.161 e. The molecule has 2 aliphatic heterocycles. The fraction of sp³-hybridized carbons (Fsp3) is 0.529. The number of hydrogen-bond donors (Lipinski definition) is 2. The lowest BCUT2D eigenvalue weighted by atomic mass is 9.92. The average molecular weight is 331 g/mol. The lowest BCUT2D eigenvalue weighted by Crippen LogP contribution is -2.55. The number of amidine groups is 1. The molecule has 130 valence electrons. The zero-order valence-corrected chi connectivity index (χ0v) is 14.8. The topological polar surface area (TPSA) is 84.5 Å². The van der Waals surface area contributed by atoms with Crippen molar-refractivity contribution in [2.75, 3.05) is 20.9 Å². The highest BCUT2D eigenvalue weighted by Crippen LogP contribution is 2.34. The van der Waals surface area contributed by atoms with Gasteiger partial charge in [0.05, 0.1) is 44.2 Å². The summed E-state index contributed by atoms with van der Waals surface area (Å²) in [6.45, 7) is 6.85. The first kappa shape index (κ1) is 16.7. The van der Waals surface area contributed by atoms with Crippen molar-refractivity contribution in [3.05, 3.63) is 23.8 Å². The molecule has 24 heavy (non-hydrogen) atoms. The standard InChI is InChI=1S/C17H25N5O2/c1-17(2,3)22-16-13(15(18)19-9-20-16)14(21-22)10-6-7-11(23-4)12(8-10)24-5/h6-8,13,15,19H,9,18H2,1-5H3. The number of hydrogen-bond acceptors (Lipinski definition) is 7. The van der Waals surface area contributed by atoms with Crippen molar-refractivity contribution in [1.82, 2.24) is 10.3 Å². The van der Waals surface area contributed by atoms with Gasteiger partial charge in [-0.25, -0.2) is 5.01 Å². The van der Waals surface area contributed by atoms with Crippen LogP contribution in [0.15, 0.2) is 28.3 Å². The Morgan fingerprint density at radius 2 is 1.92 bits per heavy atom. The molecular weight excluding hydrogens is 306 g/mol. The van der Waals surface area contributed by atoms with Crippen molar-refractivity contribution in [2.45, 2.75) is 32.5 Å². The highest BCUT2D eigenvalue weighted by molar-refractivity contribution is 6.18. The van der Waals surface area contributed by atoms with E-state index < -0.39 is 0 Å². The highest BCUT2D eigenvalue weighted by atomic mass is 16.5. The van der Waals surface area contributed by atoms with Gasteiger partial charge in [0.2, 0.25) is 0 Å². The van der Waals surface area contributed by atoms with Gasteiger partial charge in [-0.2, -0.15) is 5.10 Å². The number of aliphatic imine (C=N–C) groups is 1. The summed E-state index contributed by atoms with van der Waals surface area (Å²) in [5.41, 5.74) is 8.00. The minimum Gasteiger partial charge on any atom is -0.493 e. The van der Waals surface area contributed by atoms with Gasteiger partial charge in [-0.1, -0.05) is 0 Å². The quantitative estimate of drug-likeness (QED) is 0.874. The number of fused-ring (bicyclic) bond motifs is 1. The first-order valence-electron chi connectivity index (χ1n) is 8.01. The zero-order chi connectivity index (χ0) is 17.5. The molecule has 0 saturated carbocycles. The maximum atomic E-state index is 6.32. The minimum absolute atomic E-state index is 0.0870. The maximum absolute atomic E-state index is 6.32. The molecule has 7 heteroatoms. The van der Waals surface area contributed by atoms with Crippen LogP contribution in [-0.4, -0.2) is 49.1 Å². The molecule has 0 aliphatic carbocycles. The summed E-state index contributed by atoms with van der Waals surface area (Å²) in [5.74, 6) is 2.19. The Bertz CT molecular complexity index is 693. The highest BCUT2D eigenvalue weighted by Gasteiger charge is 2.44. The first-order valence-corrected chi connectivity index (χ1v) is 8.01. The zero-order valence-electron chi connectivity index (χ0n) is 14.8. The number of rotatable bonds is 3. The molecular formula is C17H25N5O2. The van der Waals surface area contributed by atoms with Crippen molar-refractivity contribution in [1.29, 1.82) is 0 Å². The number of nitrogens with one attached hydrogen (secondary N) is 1. The van der Waals surface area contributed by atoms with E-state index in [4.69, 9.17) is 20.3 Å². The van der Waals surface area contributed by atoms with E-state index >= 15 is 0 Å². The number of hydrazone groups is 1. The molecule has 7 nitrogen and oxygen atoms in total. The van der Waals surface area contributed by atoms with Crippen LogP contribution in [-0.2, 0) is 0 Å². The number of benzene rings is 1. The van der Waals surface area contributed by atoms with Gasteiger partial charge in [-0.15, -0.1) is 0 Å². The van der Waals surface area contributed by atoms with Crippen LogP contribution in [0.25, 0.3) is 0 Å². The molecule has 3 N–H and O–H groups in total. The van der Waals surface area contributed by atoms with Crippen LogP contribution < -0.4 is 20.5 Å². The lowest BCUT2D eigenvalue weighted by Gasteiger charge is -2.34. The Morgan fingerprint density at radius 1 is 1.21 bits per heavy atom. The van der Waals surface area contributed by atoms with Crippen LogP contribution in [0.2, 0.25) is 0 Å². The summed E-state index contributed by atoms with van der Waals surface area (Å²) in [4.78, 5) is 4.62. The van der Waals surface area contributed by atoms with Crippen molar-refractivity contribution in [3.63, 3.8) is 0 Å². The van der Waals surface area contributed by atoms with Gasteiger partial charge in [0.1, 0.15) is 5.84 Å². The summed E-state index contributed by atoms with van der Waals surface area (Å²) < 4.78 is 10.7. The van der Waals surface area contributed by atoms with Crippen molar-refractivity contribution >= 4 is 11.5 Å². The summed E-state index contributed by atoms with van der Waals surface area (Å²) >= 11 is 0. The van der Waals surface area contributed by atoms with Crippen LogP contribution in [0, 0.1) is 5.92 Å². The molecule has 0 spiro atoms. The van der Waals surface area contributed by atoms with Crippen LogP contribution in [0.4, 0.5) is 0 Å². The van der Waals surface area contributed by atoms with E-state index in [1.54, 1.807) is 14.2 Å². The summed E-state index contributed by atoms with van der Waals surface area (Å²) in [6, 6.07) is 5.79. The normalized spacial score (nSPS) is 23.5. The molecule has 0 saturated heterocycles. The van der Waals surface area contributed by atoms with Crippen LogP contribution in [0.5, 0.6) is 11.5 Å². The molecule has 2 unspecified atom stereocenters. The van der Waals surface area contributed by atoms with E-state index in [0.717, 1.165) is 17.1 Å². The molecule has 1 aromatic carbocycles. The first-order chi connectivity index (χ1) is 11.4. The largest absolute Gasteiger partial charge is 0.493 e. The fourth-order valence-corrected chi connectivity index (χ4v) is 3.05. The third-order valence-corrected chi connectivity index (χ3v) is 4.24. The van der Waals surface area contributed by atoms with Gasteiger partial charge >= 0.3 is 0 Å². The summed E-state index contributed by atoms with van der Waals surface area (Å²) in [7, 11) is 3.25. The molecule has 0 bridgehead atoms. The second-order valence-corrected chi connectivity index (χ2v) is 6.92. The Balaban J connectivity index is 2.08. The fourth-order valence-electron chi connectivity index (χ4n) is 3.05. The number of nitrogens with zero attached hydrogens (tertiary/aromatic N) is 3. The second-order valence-electron chi connectivity index (χ2n) is 6.92. The minimum atomic E-state index is -0.225. The van der Waals surface area contributed by atoms with E-state index in [2.05, 4.69) is 31.1 Å². The third kappa shape index (κ3) is 2.74. The summed E-state index contributed by atoms with van der Waals surface area (Å²) in [5, 5.41) is 10.0.